The molecule has 5 unspecified atom stereocenters. The minimum absolute atomic E-state index is 0.741. The van der Waals surface area contributed by atoms with Gasteiger partial charge < -0.3 is 0 Å². The summed E-state index contributed by atoms with van der Waals surface area (Å²) in [5.74, 6) is 5.38. The lowest BCUT2D eigenvalue weighted by atomic mass is 9.70. The molecule has 0 aromatic carbocycles. The van der Waals surface area contributed by atoms with Crippen molar-refractivity contribution >= 4 is 0 Å². The zero-order valence-electron chi connectivity index (χ0n) is 10.6. The van der Waals surface area contributed by atoms with E-state index in [9.17, 15) is 0 Å². The van der Waals surface area contributed by atoms with E-state index in [1.165, 1.54) is 25.7 Å². The van der Waals surface area contributed by atoms with Gasteiger partial charge in [-0.3, -0.25) is 0 Å². The molecule has 0 aromatic rings. The molecule has 0 amide bonds. The number of fused-ring (bicyclic) bond motifs is 3. The molecule has 0 radical (unpaired) electrons. The van der Waals surface area contributed by atoms with Gasteiger partial charge in [-0.2, -0.15) is 0 Å². The van der Waals surface area contributed by atoms with Crippen molar-refractivity contribution in [2.75, 3.05) is 0 Å². The molecule has 0 saturated heterocycles. The molecular formula is C15H26. The maximum atomic E-state index is 2.61. The molecule has 0 N–H and O–H groups in total. The van der Waals surface area contributed by atoms with Gasteiger partial charge in [0, 0.05) is 0 Å². The highest BCUT2D eigenvalue weighted by Crippen LogP contribution is 2.65. The maximum absolute atomic E-state index is 2.61. The summed E-state index contributed by atoms with van der Waals surface area (Å²) in [5, 5.41) is 0. The minimum Gasteiger partial charge on any atom is -0.0625 e. The predicted octanol–water partition coefficient (Wildman–Crippen LogP) is 4.49. The average molecular weight is 206 g/mol. The van der Waals surface area contributed by atoms with Crippen LogP contribution >= 0.6 is 0 Å². The van der Waals surface area contributed by atoms with Crippen molar-refractivity contribution in [3.63, 3.8) is 0 Å². The first-order valence-electron chi connectivity index (χ1n) is 7.12. The second-order valence-corrected chi connectivity index (χ2v) is 7.18. The van der Waals surface area contributed by atoms with Crippen LogP contribution in [0.15, 0.2) is 0 Å². The normalized spacial score (nSPS) is 53.6. The molecule has 0 heteroatoms. The quantitative estimate of drug-likeness (QED) is 0.593. The summed E-state index contributed by atoms with van der Waals surface area (Å²) in [6.45, 7) is 7.53. The lowest BCUT2D eigenvalue weighted by molar-refractivity contribution is 0.135. The van der Waals surface area contributed by atoms with Crippen LogP contribution in [-0.4, -0.2) is 0 Å². The maximum Gasteiger partial charge on any atom is -0.0292 e. The summed E-state index contributed by atoms with van der Waals surface area (Å²) < 4.78 is 0. The zero-order chi connectivity index (χ0) is 10.6. The largest absolute Gasteiger partial charge is 0.0625 e. The highest BCUT2D eigenvalue weighted by Gasteiger charge is 2.57. The van der Waals surface area contributed by atoms with Gasteiger partial charge in [-0.25, -0.2) is 0 Å². The van der Waals surface area contributed by atoms with Crippen molar-refractivity contribution in [2.45, 2.75) is 59.3 Å². The summed E-state index contributed by atoms with van der Waals surface area (Å²) >= 11 is 0. The Bertz CT molecular complexity index is 255. The Morgan fingerprint density at radius 1 is 1.13 bits per heavy atom. The van der Waals surface area contributed by atoms with Crippen molar-refractivity contribution in [3.05, 3.63) is 0 Å². The van der Waals surface area contributed by atoms with E-state index in [1.807, 2.05) is 0 Å². The topological polar surface area (TPSA) is 0 Å². The zero-order valence-corrected chi connectivity index (χ0v) is 10.6. The molecule has 3 fully saturated rings. The molecule has 86 valence electrons. The van der Waals surface area contributed by atoms with E-state index in [0.29, 0.717) is 0 Å². The fourth-order valence-corrected chi connectivity index (χ4v) is 5.04. The van der Waals surface area contributed by atoms with Crippen molar-refractivity contribution in [3.8, 4) is 0 Å². The van der Waals surface area contributed by atoms with Crippen LogP contribution in [0.25, 0.3) is 0 Å². The summed E-state index contributed by atoms with van der Waals surface area (Å²) in [6.07, 6.45) is 9.27. The Labute approximate surface area is 94.8 Å². The Balaban J connectivity index is 1.88. The fourth-order valence-electron chi connectivity index (χ4n) is 5.04. The van der Waals surface area contributed by atoms with Gasteiger partial charge in [0.05, 0.1) is 0 Å². The lowest BCUT2D eigenvalue weighted by Gasteiger charge is -2.35. The van der Waals surface area contributed by atoms with Crippen LogP contribution in [0.1, 0.15) is 59.3 Å². The smallest absolute Gasteiger partial charge is 0.0292 e. The number of hydrogen-bond acceptors (Lipinski definition) is 0. The van der Waals surface area contributed by atoms with Gasteiger partial charge in [0.25, 0.3) is 0 Å². The van der Waals surface area contributed by atoms with Crippen LogP contribution in [0.4, 0.5) is 0 Å². The third-order valence-electron chi connectivity index (χ3n) is 5.93. The average Bonchev–Trinajstić information content (AvgIpc) is 2.84. The molecule has 0 aliphatic heterocycles. The minimum atomic E-state index is 0.741. The monoisotopic (exact) mass is 206 g/mol. The second-order valence-electron chi connectivity index (χ2n) is 7.18. The third kappa shape index (κ3) is 1.47. The molecule has 3 rings (SSSR count). The first kappa shape index (κ1) is 10.2. The Morgan fingerprint density at radius 2 is 1.93 bits per heavy atom. The number of rotatable bonds is 1. The first-order valence-corrected chi connectivity index (χ1v) is 7.12. The van der Waals surface area contributed by atoms with Gasteiger partial charge >= 0.3 is 0 Å². The molecule has 3 aliphatic rings. The molecule has 0 spiro atoms. The van der Waals surface area contributed by atoms with Crippen LogP contribution < -0.4 is 0 Å². The second kappa shape index (κ2) is 3.25. The fraction of sp³-hybridized carbons (Fsp3) is 1.00. The van der Waals surface area contributed by atoms with E-state index in [-0.39, 0.29) is 0 Å². The molecule has 0 nitrogen and oxygen atoms in total. The van der Waals surface area contributed by atoms with Gasteiger partial charge in [-0.1, -0.05) is 33.6 Å². The molecule has 15 heavy (non-hydrogen) atoms. The van der Waals surface area contributed by atoms with E-state index < -0.39 is 0 Å². The van der Waals surface area contributed by atoms with Crippen LogP contribution in [0.5, 0.6) is 0 Å². The molecule has 3 saturated carbocycles. The van der Waals surface area contributed by atoms with Gasteiger partial charge in [0.1, 0.15) is 0 Å². The highest BCUT2D eigenvalue weighted by molar-refractivity contribution is 5.06. The molecule has 0 heterocycles. The van der Waals surface area contributed by atoms with Gasteiger partial charge in [-0.15, -0.1) is 0 Å². The van der Waals surface area contributed by atoms with E-state index in [2.05, 4.69) is 20.8 Å². The van der Waals surface area contributed by atoms with Crippen LogP contribution in [0.3, 0.4) is 0 Å². The Hall–Kier alpha value is 0. The van der Waals surface area contributed by atoms with E-state index in [4.69, 9.17) is 0 Å². The van der Waals surface area contributed by atoms with Crippen LogP contribution in [-0.2, 0) is 0 Å². The Morgan fingerprint density at radius 3 is 2.67 bits per heavy atom. The third-order valence-corrected chi connectivity index (χ3v) is 5.93. The number of hydrogen-bond donors (Lipinski definition) is 0. The standard InChI is InChI=1S/C15H26/c1-10(2)12-6-8-15(3)7-4-5-11-9-13(11)14(12)15/h10-14H,4-9H2,1-3H3. The molecular weight excluding hydrogens is 180 g/mol. The van der Waals surface area contributed by atoms with Gasteiger partial charge in [-0.05, 0) is 60.7 Å². The predicted molar refractivity (Wildman–Crippen MR) is 64.6 cm³/mol. The van der Waals surface area contributed by atoms with Crippen molar-refractivity contribution in [1.82, 2.24) is 0 Å². The summed E-state index contributed by atoms with van der Waals surface area (Å²) in [5.41, 5.74) is 0.741. The van der Waals surface area contributed by atoms with Crippen LogP contribution in [0.2, 0.25) is 0 Å². The molecule has 3 aliphatic carbocycles. The summed E-state index contributed by atoms with van der Waals surface area (Å²) in [6, 6.07) is 0. The van der Waals surface area contributed by atoms with Gasteiger partial charge in [0.2, 0.25) is 0 Å². The SMILES string of the molecule is CC(C)C1CCC2(C)CCCC3CC3C12. The molecule has 5 atom stereocenters. The van der Waals surface area contributed by atoms with Gasteiger partial charge in [0.15, 0.2) is 0 Å². The van der Waals surface area contributed by atoms with Crippen molar-refractivity contribution in [2.24, 2.45) is 35.0 Å². The van der Waals surface area contributed by atoms with Crippen molar-refractivity contribution < 1.29 is 0 Å². The molecule has 0 bridgehead atoms. The summed E-state index contributed by atoms with van der Waals surface area (Å²) in [7, 11) is 0. The Kier molecular flexibility index (Phi) is 2.20. The molecule has 0 aromatic heterocycles. The lowest BCUT2D eigenvalue weighted by Crippen LogP contribution is -2.28. The van der Waals surface area contributed by atoms with Crippen LogP contribution in [0, 0.1) is 35.0 Å². The van der Waals surface area contributed by atoms with E-state index in [1.54, 1.807) is 12.8 Å². The van der Waals surface area contributed by atoms with Crippen molar-refractivity contribution in [1.29, 1.82) is 0 Å². The van der Waals surface area contributed by atoms with E-state index >= 15 is 0 Å². The highest BCUT2D eigenvalue weighted by atomic mass is 14.6. The summed E-state index contributed by atoms with van der Waals surface area (Å²) in [4.78, 5) is 0. The van der Waals surface area contributed by atoms with E-state index in [0.717, 1.165) is 35.0 Å². The first-order chi connectivity index (χ1) is 7.12.